The maximum Gasteiger partial charge on any atom is 0.251 e. The third kappa shape index (κ3) is 5.62. The van der Waals surface area contributed by atoms with Gasteiger partial charge in [-0.05, 0) is 45.1 Å². The summed E-state index contributed by atoms with van der Waals surface area (Å²) in [4.78, 5) is 21.9. The molecule has 3 heterocycles. The SMILES string of the molecule is CCNC(=NCC1CCCOC1c1ccc(C)cc1)N1CCN(C(=O)C2CCCO2)CC1. The number of hydrogen-bond donors (Lipinski definition) is 1. The van der Waals surface area contributed by atoms with E-state index in [9.17, 15) is 4.79 Å². The van der Waals surface area contributed by atoms with Crippen molar-refractivity contribution in [3.8, 4) is 0 Å². The van der Waals surface area contributed by atoms with Gasteiger partial charge < -0.3 is 24.6 Å². The number of carbonyl (C=O) groups excluding carboxylic acids is 1. The number of piperazine rings is 1. The van der Waals surface area contributed by atoms with Crippen molar-refractivity contribution in [2.45, 2.75) is 51.7 Å². The summed E-state index contributed by atoms with van der Waals surface area (Å²) in [5.74, 6) is 1.48. The van der Waals surface area contributed by atoms with Gasteiger partial charge in [0.1, 0.15) is 6.10 Å². The number of nitrogens with one attached hydrogen (secondary N) is 1. The van der Waals surface area contributed by atoms with Gasteiger partial charge in [0, 0.05) is 58.4 Å². The molecule has 0 aromatic heterocycles. The first kappa shape index (κ1) is 23.1. The molecule has 32 heavy (non-hydrogen) atoms. The number of guanidine groups is 1. The van der Waals surface area contributed by atoms with Crippen LogP contribution in [0.1, 0.15) is 49.8 Å². The van der Waals surface area contributed by atoms with Gasteiger partial charge in [-0.2, -0.15) is 0 Å². The maximum atomic E-state index is 12.6. The van der Waals surface area contributed by atoms with Crippen LogP contribution in [-0.2, 0) is 14.3 Å². The molecule has 3 atom stereocenters. The smallest absolute Gasteiger partial charge is 0.251 e. The molecule has 7 heteroatoms. The third-order valence-corrected chi connectivity index (χ3v) is 6.76. The van der Waals surface area contributed by atoms with Gasteiger partial charge in [-0.3, -0.25) is 9.79 Å². The minimum absolute atomic E-state index is 0.108. The van der Waals surface area contributed by atoms with Crippen molar-refractivity contribution in [3.05, 3.63) is 35.4 Å². The Morgan fingerprint density at radius 1 is 1.03 bits per heavy atom. The van der Waals surface area contributed by atoms with Crippen LogP contribution in [0.4, 0.5) is 0 Å². The van der Waals surface area contributed by atoms with Gasteiger partial charge in [0.05, 0.1) is 6.10 Å². The number of amides is 1. The summed E-state index contributed by atoms with van der Waals surface area (Å²) in [6.07, 6.45) is 3.94. The Morgan fingerprint density at radius 3 is 2.41 bits per heavy atom. The molecule has 7 nitrogen and oxygen atoms in total. The molecule has 3 aliphatic rings. The second-order valence-electron chi connectivity index (χ2n) is 9.11. The van der Waals surface area contributed by atoms with E-state index in [1.807, 2.05) is 4.90 Å². The number of benzene rings is 1. The third-order valence-electron chi connectivity index (χ3n) is 6.76. The second kappa shape index (κ2) is 11.1. The van der Waals surface area contributed by atoms with E-state index in [-0.39, 0.29) is 18.1 Å². The lowest BCUT2D eigenvalue weighted by Gasteiger charge is -2.37. The summed E-state index contributed by atoms with van der Waals surface area (Å²) in [6, 6.07) is 8.71. The number of aryl methyl sites for hydroxylation is 1. The Balaban J connectivity index is 1.37. The molecule has 0 radical (unpaired) electrons. The number of carbonyl (C=O) groups is 1. The van der Waals surface area contributed by atoms with Crippen molar-refractivity contribution in [1.29, 1.82) is 0 Å². The number of hydrogen-bond acceptors (Lipinski definition) is 4. The number of ether oxygens (including phenoxy) is 2. The zero-order chi connectivity index (χ0) is 22.3. The number of nitrogens with zero attached hydrogens (tertiary/aromatic N) is 3. The minimum atomic E-state index is -0.228. The van der Waals surface area contributed by atoms with Crippen molar-refractivity contribution in [1.82, 2.24) is 15.1 Å². The van der Waals surface area contributed by atoms with Crippen LogP contribution in [0.25, 0.3) is 0 Å². The fourth-order valence-electron chi connectivity index (χ4n) is 4.90. The predicted octanol–water partition coefficient (Wildman–Crippen LogP) is 2.75. The van der Waals surface area contributed by atoms with Gasteiger partial charge in [-0.25, -0.2) is 0 Å². The predicted molar refractivity (Wildman–Crippen MR) is 126 cm³/mol. The van der Waals surface area contributed by atoms with Crippen LogP contribution < -0.4 is 5.32 Å². The van der Waals surface area contributed by atoms with E-state index in [0.717, 1.165) is 77.5 Å². The van der Waals surface area contributed by atoms with Crippen molar-refractivity contribution in [2.24, 2.45) is 10.9 Å². The van der Waals surface area contributed by atoms with Gasteiger partial charge in [-0.15, -0.1) is 0 Å². The lowest BCUT2D eigenvalue weighted by atomic mass is 9.89. The molecule has 0 saturated carbocycles. The molecule has 0 aliphatic carbocycles. The van der Waals surface area contributed by atoms with Crippen LogP contribution in [0, 0.1) is 12.8 Å². The Kier molecular flexibility index (Phi) is 8.03. The second-order valence-corrected chi connectivity index (χ2v) is 9.11. The molecule has 4 rings (SSSR count). The molecule has 3 saturated heterocycles. The Hall–Kier alpha value is -2.12. The zero-order valence-electron chi connectivity index (χ0n) is 19.6. The van der Waals surface area contributed by atoms with Gasteiger partial charge in [-0.1, -0.05) is 29.8 Å². The average Bonchev–Trinajstić information content (AvgIpc) is 3.37. The van der Waals surface area contributed by atoms with E-state index in [2.05, 4.69) is 48.3 Å². The quantitative estimate of drug-likeness (QED) is 0.561. The van der Waals surface area contributed by atoms with Gasteiger partial charge >= 0.3 is 0 Å². The summed E-state index contributed by atoms with van der Waals surface area (Å²) in [5, 5.41) is 3.46. The van der Waals surface area contributed by atoms with Gasteiger partial charge in [0.25, 0.3) is 5.91 Å². The Labute approximate surface area is 192 Å². The van der Waals surface area contributed by atoms with Crippen LogP contribution >= 0.6 is 0 Å². The molecule has 1 aromatic rings. The molecule has 1 N–H and O–H groups in total. The van der Waals surface area contributed by atoms with Crippen molar-refractivity contribution >= 4 is 11.9 Å². The minimum Gasteiger partial charge on any atom is -0.373 e. The van der Waals surface area contributed by atoms with E-state index in [1.165, 1.54) is 11.1 Å². The highest BCUT2D eigenvalue weighted by Gasteiger charge is 2.31. The lowest BCUT2D eigenvalue weighted by molar-refractivity contribution is -0.142. The molecule has 176 valence electrons. The standard InChI is InChI=1S/C25H38N4O3/c1-3-26-25(29-14-12-28(13-15-29)24(30)22-7-5-16-31-22)27-18-21-6-4-17-32-23(21)20-10-8-19(2)9-11-20/h8-11,21-23H,3-7,12-18H2,1-2H3,(H,26,27). The Morgan fingerprint density at radius 2 is 1.72 bits per heavy atom. The highest BCUT2D eigenvalue weighted by molar-refractivity contribution is 5.82. The van der Waals surface area contributed by atoms with E-state index in [0.29, 0.717) is 12.5 Å². The topological polar surface area (TPSA) is 66.4 Å². The largest absolute Gasteiger partial charge is 0.373 e. The highest BCUT2D eigenvalue weighted by Crippen LogP contribution is 2.34. The monoisotopic (exact) mass is 442 g/mol. The summed E-state index contributed by atoms with van der Waals surface area (Å²) < 4.78 is 11.8. The first-order valence-corrected chi connectivity index (χ1v) is 12.3. The van der Waals surface area contributed by atoms with Crippen molar-refractivity contribution in [3.63, 3.8) is 0 Å². The summed E-state index contributed by atoms with van der Waals surface area (Å²) in [5.41, 5.74) is 2.52. The summed E-state index contributed by atoms with van der Waals surface area (Å²) >= 11 is 0. The first-order valence-electron chi connectivity index (χ1n) is 12.3. The summed E-state index contributed by atoms with van der Waals surface area (Å²) in [6.45, 7) is 10.4. The lowest BCUT2D eigenvalue weighted by Crippen LogP contribution is -2.55. The van der Waals surface area contributed by atoms with E-state index in [1.54, 1.807) is 0 Å². The van der Waals surface area contributed by atoms with Gasteiger partial charge in [0.2, 0.25) is 0 Å². The van der Waals surface area contributed by atoms with E-state index < -0.39 is 0 Å². The van der Waals surface area contributed by atoms with Crippen molar-refractivity contribution < 1.29 is 14.3 Å². The molecule has 1 aromatic carbocycles. The number of aliphatic imine (C=N–C) groups is 1. The van der Waals surface area contributed by atoms with Crippen LogP contribution in [0.15, 0.2) is 29.3 Å². The van der Waals surface area contributed by atoms with Crippen LogP contribution in [0.5, 0.6) is 0 Å². The van der Waals surface area contributed by atoms with Crippen molar-refractivity contribution in [2.75, 3.05) is 52.5 Å². The average molecular weight is 443 g/mol. The molecular formula is C25H38N4O3. The molecular weight excluding hydrogens is 404 g/mol. The van der Waals surface area contributed by atoms with Crippen LogP contribution in [-0.4, -0.2) is 80.3 Å². The van der Waals surface area contributed by atoms with Gasteiger partial charge in [0.15, 0.2) is 5.96 Å². The fraction of sp³-hybridized carbons (Fsp3) is 0.680. The van der Waals surface area contributed by atoms with E-state index >= 15 is 0 Å². The normalized spacial score (nSPS) is 26.9. The first-order chi connectivity index (χ1) is 15.7. The molecule has 3 fully saturated rings. The zero-order valence-corrected chi connectivity index (χ0v) is 19.6. The molecule has 3 aliphatic heterocycles. The molecule has 1 amide bonds. The molecule has 0 bridgehead atoms. The highest BCUT2D eigenvalue weighted by atomic mass is 16.5. The maximum absolute atomic E-state index is 12.6. The fourth-order valence-corrected chi connectivity index (χ4v) is 4.90. The molecule has 3 unspecified atom stereocenters. The van der Waals surface area contributed by atoms with Crippen LogP contribution in [0.3, 0.4) is 0 Å². The van der Waals surface area contributed by atoms with E-state index in [4.69, 9.17) is 14.5 Å². The Bertz CT molecular complexity index is 768. The number of rotatable bonds is 5. The summed E-state index contributed by atoms with van der Waals surface area (Å²) in [7, 11) is 0. The van der Waals surface area contributed by atoms with Crippen LogP contribution in [0.2, 0.25) is 0 Å². The molecule has 0 spiro atoms.